The van der Waals surface area contributed by atoms with Crippen LogP contribution in [0.3, 0.4) is 0 Å². The minimum absolute atomic E-state index is 0.180. The quantitative estimate of drug-likeness (QED) is 0.419. The molecule has 1 unspecified atom stereocenters. The average Bonchev–Trinajstić information content (AvgIpc) is 1.99. The fourth-order valence-corrected chi connectivity index (χ4v) is 0.370. The molecule has 0 rings (SSSR count). The lowest BCUT2D eigenvalue weighted by atomic mass is 10.3. The minimum Gasteiger partial charge on any atom is -0.381 e. The maximum absolute atomic E-state index is 10.4. The molecule has 5 nitrogen and oxygen atoms in total. The first-order valence-electron chi connectivity index (χ1n) is 2.95. The van der Waals surface area contributed by atoms with E-state index in [-0.39, 0.29) is 6.54 Å². The number of primary amides is 1. The first-order chi connectivity index (χ1) is 5.07. The number of hydrogen-bond donors (Lipinski definition) is 3. The van der Waals surface area contributed by atoms with Crippen molar-refractivity contribution in [2.75, 3.05) is 6.54 Å². The molecule has 0 radical (unpaired) electrons. The van der Waals surface area contributed by atoms with E-state index in [0.717, 1.165) is 6.08 Å². The van der Waals surface area contributed by atoms with E-state index in [4.69, 9.17) is 10.8 Å². The Morgan fingerprint density at radius 3 is 2.64 bits per heavy atom. The zero-order chi connectivity index (χ0) is 8.85. The van der Waals surface area contributed by atoms with Crippen molar-refractivity contribution < 1.29 is 14.7 Å². The summed E-state index contributed by atoms with van der Waals surface area (Å²) in [6, 6.07) is 0. The van der Waals surface area contributed by atoms with Gasteiger partial charge in [0.2, 0.25) is 11.8 Å². The number of carbonyl (C=O) groups excluding carboxylic acids is 2. The van der Waals surface area contributed by atoms with Gasteiger partial charge < -0.3 is 16.2 Å². The summed E-state index contributed by atoms with van der Waals surface area (Å²) >= 11 is 0. The Balaban J connectivity index is 3.62. The van der Waals surface area contributed by atoms with Gasteiger partial charge in [-0.3, -0.25) is 9.59 Å². The van der Waals surface area contributed by atoms with Crippen molar-refractivity contribution in [2.45, 2.75) is 6.10 Å². The van der Waals surface area contributed by atoms with Crippen LogP contribution >= 0.6 is 0 Å². The molecule has 5 heteroatoms. The van der Waals surface area contributed by atoms with Crippen LogP contribution in [-0.2, 0) is 9.59 Å². The number of aliphatic hydroxyl groups excluding tert-OH is 1. The number of hydrogen-bond acceptors (Lipinski definition) is 3. The predicted octanol–water partition coefficient (Wildman–Crippen LogP) is -1.87. The Morgan fingerprint density at radius 1 is 1.73 bits per heavy atom. The Kier molecular flexibility index (Phi) is 3.90. The Labute approximate surface area is 63.9 Å². The monoisotopic (exact) mass is 158 g/mol. The third-order valence-corrected chi connectivity index (χ3v) is 0.983. The normalized spacial score (nSPS) is 11.7. The van der Waals surface area contributed by atoms with Gasteiger partial charge in [0.1, 0.15) is 6.10 Å². The van der Waals surface area contributed by atoms with Gasteiger partial charge in [-0.2, -0.15) is 0 Å². The smallest absolute Gasteiger partial charge is 0.248 e. The highest BCUT2D eigenvalue weighted by molar-refractivity contribution is 5.87. The second kappa shape index (κ2) is 4.45. The van der Waals surface area contributed by atoms with Gasteiger partial charge in [-0.1, -0.05) is 6.58 Å². The van der Waals surface area contributed by atoms with Gasteiger partial charge in [-0.05, 0) is 6.08 Å². The highest BCUT2D eigenvalue weighted by atomic mass is 16.3. The van der Waals surface area contributed by atoms with Crippen molar-refractivity contribution in [3.63, 3.8) is 0 Å². The fourth-order valence-electron chi connectivity index (χ4n) is 0.370. The molecule has 0 heterocycles. The maximum Gasteiger partial charge on any atom is 0.248 e. The molecule has 62 valence electrons. The Morgan fingerprint density at radius 2 is 2.27 bits per heavy atom. The van der Waals surface area contributed by atoms with Crippen LogP contribution in [0.4, 0.5) is 0 Å². The highest BCUT2D eigenvalue weighted by Gasteiger charge is 2.10. The van der Waals surface area contributed by atoms with Crippen LogP contribution in [-0.4, -0.2) is 29.6 Å². The zero-order valence-electron chi connectivity index (χ0n) is 5.91. The molecule has 2 amide bonds. The van der Waals surface area contributed by atoms with Gasteiger partial charge in [-0.25, -0.2) is 0 Å². The third-order valence-electron chi connectivity index (χ3n) is 0.983. The number of nitrogens with one attached hydrogen (secondary N) is 1. The van der Waals surface area contributed by atoms with E-state index in [2.05, 4.69) is 11.9 Å². The van der Waals surface area contributed by atoms with E-state index in [9.17, 15) is 9.59 Å². The molecule has 0 spiro atoms. The predicted molar refractivity (Wildman–Crippen MR) is 38.4 cm³/mol. The fraction of sp³-hybridized carbons (Fsp3) is 0.333. The van der Waals surface area contributed by atoms with Crippen molar-refractivity contribution in [3.8, 4) is 0 Å². The van der Waals surface area contributed by atoms with Gasteiger partial charge >= 0.3 is 0 Å². The molecule has 0 aromatic carbocycles. The third kappa shape index (κ3) is 4.10. The molecule has 0 aromatic heterocycles. The molecule has 0 aliphatic rings. The van der Waals surface area contributed by atoms with Gasteiger partial charge in [-0.15, -0.1) is 0 Å². The molecule has 0 saturated heterocycles. The summed E-state index contributed by atoms with van der Waals surface area (Å²) < 4.78 is 0. The molecule has 0 bridgehead atoms. The van der Waals surface area contributed by atoms with Crippen LogP contribution in [0.25, 0.3) is 0 Å². The minimum atomic E-state index is -1.33. The maximum atomic E-state index is 10.4. The first-order valence-corrected chi connectivity index (χ1v) is 2.95. The lowest BCUT2D eigenvalue weighted by Gasteiger charge is -2.05. The topological polar surface area (TPSA) is 92.4 Å². The van der Waals surface area contributed by atoms with Gasteiger partial charge in [0.15, 0.2) is 0 Å². The molecule has 0 aliphatic heterocycles. The summed E-state index contributed by atoms with van der Waals surface area (Å²) in [6.45, 7) is 2.99. The molecule has 0 aromatic rings. The van der Waals surface area contributed by atoms with E-state index in [1.54, 1.807) is 0 Å². The summed E-state index contributed by atoms with van der Waals surface area (Å²) in [5.74, 6) is -1.32. The van der Waals surface area contributed by atoms with Crippen LogP contribution in [0.15, 0.2) is 12.7 Å². The number of amides is 2. The van der Waals surface area contributed by atoms with Crippen molar-refractivity contribution in [3.05, 3.63) is 12.7 Å². The van der Waals surface area contributed by atoms with Gasteiger partial charge in [0.05, 0.1) is 6.54 Å². The van der Waals surface area contributed by atoms with E-state index in [1.807, 2.05) is 0 Å². The average molecular weight is 158 g/mol. The SMILES string of the molecule is C=CC(=O)NCC(O)C(N)=O. The lowest BCUT2D eigenvalue weighted by molar-refractivity contribution is -0.126. The van der Waals surface area contributed by atoms with Crippen molar-refractivity contribution >= 4 is 11.8 Å². The van der Waals surface area contributed by atoms with Crippen LogP contribution < -0.4 is 11.1 Å². The van der Waals surface area contributed by atoms with Gasteiger partial charge in [0, 0.05) is 0 Å². The molecule has 0 fully saturated rings. The van der Waals surface area contributed by atoms with Crippen molar-refractivity contribution in [1.82, 2.24) is 5.32 Å². The number of aliphatic hydroxyl groups is 1. The molecule has 1 atom stereocenters. The summed E-state index contributed by atoms with van der Waals surface area (Å²) in [4.78, 5) is 20.6. The number of nitrogens with two attached hydrogens (primary N) is 1. The number of rotatable bonds is 4. The van der Waals surface area contributed by atoms with Crippen LogP contribution in [0.2, 0.25) is 0 Å². The van der Waals surface area contributed by atoms with Crippen molar-refractivity contribution in [1.29, 1.82) is 0 Å². The van der Waals surface area contributed by atoms with Gasteiger partial charge in [0.25, 0.3) is 0 Å². The second-order valence-corrected chi connectivity index (χ2v) is 1.87. The van der Waals surface area contributed by atoms with Crippen LogP contribution in [0.5, 0.6) is 0 Å². The van der Waals surface area contributed by atoms with Crippen LogP contribution in [0, 0.1) is 0 Å². The zero-order valence-corrected chi connectivity index (χ0v) is 5.91. The van der Waals surface area contributed by atoms with E-state index in [1.165, 1.54) is 0 Å². The molecular formula is C6H10N2O3. The molecule has 0 aliphatic carbocycles. The molecule has 4 N–H and O–H groups in total. The lowest BCUT2D eigenvalue weighted by Crippen LogP contribution is -2.39. The van der Waals surface area contributed by atoms with Crippen molar-refractivity contribution in [2.24, 2.45) is 5.73 Å². The van der Waals surface area contributed by atoms with E-state index < -0.39 is 17.9 Å². The Hall–Kier alpha value is -1.36. The van der Waals surface area contributed by atoms with E-state index >= 15 is 0 Å². The molecule has 11 heavy (non-hydrogen) atoms. The largest absolute Gasteiger partial charge is 0.381 e. The Bertz CT molecular complexity index is 179. The summed E-state index contributed by atoms with van der Waals surface area (Å²) in [6.07, 6.45) is -0.299. The van der Waals surface area contributed by atoms with E-state index in [0.29, 0.717) is 0 Å². The summed E-state index contributed by atoms with van der Waals surface area (Å²) in [7, 11) is 0. The summed E-state index contributed by atoms with van der Waals surface area (Å²) in [5.41, 5.74) is 4.70. The number of carbonyl (C=O) groups is 2. The highest BCUT2D eigenvalue weighted by Crippen LogP contribution is 1.77. The molecule has 0 saturated carbocycles. The van der Waals surface area contributed by atoms with Crippen LogP contribution in [0.1, 0.15) is 0 Å². The summed E-state index contributed by atoms with van der Waals surface area (Å²) in [5, 5.41) is 11.0. The molecular weight excluding hydrogens is 148 g/mol. The first kappa shape index (κ1) is 9.64. The standard InChI is InChI=1S/C6H10N2O3/c1-2-5(10)8-3-4(9)6(7)11/h2,4,9H,1,3H2,(H2,7,11)(H,8,10). The second-order valence-electron chi connectivity index (χ2n) is 1.87.